The van der Waals surface area contributed by atoms with Gasteiger partial charge in [-0.1, -0.05) is 0 Å². The van der Waals surface area contributed by atoms with Crippen LogP contribution >= 0.6 is 14.8 Å². The van der Waals surface area contributed by atoms with Crippen LogP contribution in [0.1, 0.15) is 26.7 Å². The Morgan fingerprint density at radius 1 is 1.25 bits per heavy atom. The van der Waals surface area contributed by atoms with E-state index in [1.54, 1.807) is 0 Å². The molecule has 48 valence electrons. The van der Waals surface area contributed by atoms with Crippen LogP contribution in [-0.4, -0.2) is 10.5 Å². The minimum absolute atomic E-state index is 0.550. The van der Waals surface area contributed by atoms with Crippen LogP contribution < -0.4 is 0 Å². The van der Waals surface area contributed by atoms with Gasteiger partial charge in [0.2, 0.25) is 14.8 Å². The van der Waals surface area contributed by atoms with Crippen LogP contribution in [0.15, 0.2) is 0 Å². The van der Waals surface area contributed by atoms with Crippen molar-refractivity contribution in [3.05, 3.63) is 0 Å². The van der Waals surface area contributed by atoms with E-state index >= 15 is 0 Å². The maximum Gasteiger partial charge on any atom is 0.232 e. The predicted molar refractivity (Wildman–Crippen MR) is 44.5 cm³/mol. The third kappa shape index (κ3) is 1.21. The Balaban J connectivity index is 2.44. The van der Waals surface area contributed by atoms with Crippen LogP contribution in [0.5, 0.6) is 0 Å². The Labute approximate surface area is 61.6 Å². The first-order valence-electron chi connectivity index (χ1n) is 3.10. The van der Waals surface area contributed by atoms with E-state index < -0.39 is 0 Å². The first kappa shape index (κ1) is 6.94. The van der Waals surface area contributed by atoms with Crippen LogP contribution in [0.2, 0.25) is 0 Å². The van der Waals surface area contributed by atoms with Gasteiger partial charge in [-0.25, -0.2) is 0 Å². The van der Waals surface area contributed by atoms with E-state index in [2.05, 4.69) is 28.7 Å². The molecule has 0 spiro atoms. The van der Waals surface area contributed by atoms with Crippen molar-refractivity contribution in [2.45, 2.75) is 37.2 Å². The summed E-state index contributed by atoms with van der Waals surface area (Å²) >= 11 is 3.70. The highest BCUT2D eigenvalue weighted by Crippen LogP contribution is 2.32. The SMILES string of the molecule is C[C@@H]1CC[C@@H](C)[S+]1Br. The van der Waals surface area contributed by atoms with Gasteiger partial charge in [-0.2, -0.15) is 0 Å². The summed E-state index contributed by atoms with van der Waals surface area (Å²) in [6.45, 7) is 4.67. The number of hydrogen-bond acceptors (Lipinski definition) is 0. The van der Waals surface area contributed by atoms with Crippen molar-refractivity contribution in [1.82, 2.24) is 0 Å². The molecule has 8 heavy (non-hydrogen) atoms. The summed E-state index contributed by atoms with van der Waals surface area (Å²) in [5.74, 6) is 0. The quantitative estimate of drug-likeness (QED) is 0.522. The number of halogens is 1. The number of hydrogen-bond donors (Lipinski definition) is 0. The summed E-state index contributed by atoms with van der Waals surface area (Å²) in [5.41, 5.74) is 0. The Morgan fingerprint density at radius 2 is 1.62 bits per heavy atom. The molecule has 1 saturated heterocycles. The second kappa shape index (κ2) is 2.61. The minimum Gasteiger partial charge on any atom is -0.0160 e. The topological polar surface area (TPSA) is 0 Å². The predicted octanol–water partition coefficient (Wildman–Crippen LogP) is 2.49. The van der Waals surface area contributed by atoms with Crippen molar-refractivity contribution >= 4 is 24.1 Å². The van der Waals surface area contributed by atoms with Crippen LogP contribution in [0.25, 0.3) is 0 Å². The average molecular weight is 196 g/mol. The highest BCUT2D eigenvalue weighted by Gasteiger charge is 2.37. The van der Waals surface area contributed by atoms with E-state index in [9.17, 15) is 0 Å². The molecule has 0 aromatic heterocycles. The third-order valence-electron chi connectivity index (χ3n) is 1.75. The van der Waals surface area contributed by atoms with E-state index in [1.807, 2.05) is 0 Å². The molecule has 2 heteroatoms. The van der Waals surface area contributed by atoms with Gasteiger partial charge in [-0.15, -0.1) is 0 Å². The van der Waals surface area contributed by atoms with Gasteiger partial charge in [0.25, 0.3) is 0 Å². The van der Waals surface area contributed by atoms with Crippen LogP contribution in [0, 0.1) is 0 Å². The van der Waals surface area contributed by atoms with Crippen LogP contribution in [0.3, 0.4) is 0 Å². The van der Waals surface area contributed by atoms with Crippen molar-refractivity contribution in [2.24, 2.45) is 0 Å². The maximum atomic E-state index is 3.70. The summed E-state index contributed by atoms with van der Waals surface area (Å²) in [6, 6.07) is 0. The molecule has 0 aromatic rings. The molecular weight excluding hydrogens is 184 g/mol. The second-order valence-electron chi connectivity index (χ2n) is 2.51. The summed E-state index contributed by atoms with van der Waals surface area (Å²) in [7, 11) is 0.550. The molecule has 2 atom stereocenters. The minimum atomic E-state index is 0.550. The van der Waals surface area contributed by atoms with Crippen molar-refractivity contribution in [1.29, 1.82) is 0 Å². The van der Waals surface area contributed by atoms with Crippen molar-refractivity contribution in [3.8, 4) is 0 Å². The third-order valence-corrected chi connectivity index (χ3v) is 7.59. The van der Waals surface area contributed by atoms with E-state index in [1.165, 1.54) is 12.8 Å². The van der Waals surface area contributed by atoms with Gasteiger partial charge in [-0.05, 0) is 13.8 Å². The first-order valence-corrected chi connectivity index (χ1v) is 6.29. The van der Waals surface area contributed by atoms with Crippen LogP contribution in [0.4, 0.5) is 0 Å². The molecule has 1 aliphatic heterocycles. The standard InChI is InChI=1S/C6H12BrS/c1-5-3-4-6(2)8(5)7/h5-6H,3-4H2,1-2H3/q+1/t5-,6-/m1/s1. The molecule has 1 aliphatic rings. The highest BCUT2D eigenvalue weighted by molar-refractivity contribution is 9.48. The molecule has 0 N–H and O–H groups in total. The molecule has 0 bridgehead atoms. The van der Waals surface area contributed by atoms with Crippen molar-refractivity contribution in [2.75, 3.05) is 0 Å². The molecule has 1 rings (SSSR count). The lowest BCUT2D eigenvalue weighted by molar-refractivity contribution is 0.777. The second-order valence-corrected chi connectivity index (χ2v) is 6.99. The monoisotopic (exact) mass is 195 g/mol. The lowest BCUT2D eigenvalue weighted by Gasteiger charge is -1.97. The molecule has 1 fully saturated rings. The molecule has 0 nitrogen and oxygen atoms in total. The van der Waals surface area contributed by atoms with E-state index in [-0.39, 0.29) is 0 Å². The summed E-state index contributed by atoms with van der Waals surface area (Å²) in [4.78, 5) is 0. The fraction of sp³-hybridized carbons (Fsp3) is 1.00. The Hall–Kier alpha value is 0.830. The summed E-state index contributed by atoms with van der Waals surface area (Å²) in [6.07, 6.45) is 2.85. The molecular formula is C6H12BrS+. The average Bonchev–Trinajstić information content (AvgIpc) is 1.98. The van der Waals surface area contributed by atoms with Gasteiger partial charge in [-0.3, -0.25) is 0 Å². The highest BCUT2D eigenvalue weighted by atomic mass is 79.9. The van der Waals surface area contributed by atoms with Crippen molar-refractivity contribution in [3.63, 3.8) is 0 Å². The Kier molecular flexibility index (Phi) is 2.27. The summed E-state index contributed by atoms with van der Waals surface area (Å²) < 4.78 is 0. The van der Waals surface area contributed by atoms with E-state index in [0.717, 1.165) is 10.5 Å². The lowest BCUT2D eigenvalue weighted by Crippen LogP contribution is -2.10. The Bertz CT molecular complexity index is 74.6. The molecule has 0 saturated carbocycles. The van der Waals surface area contributed by atoms with Gasteiger partial charge >= 0.3 is 0 Å². The summed E-state index contributed by atoms with van der Waals surface area (Å²) in [5, 5.41) is 1.87. The molecule has 1 heterocycles. The first-order chi connectivity index (χ1) is 3.72. The lowest BCUT2D eigenvalue weighted by atomic mass is 10.2. The van der Waals surface area contributed by atoms with Gasteiger partial charge in [0.1, 0.15) is 10.5 Å². The maximum absolute atomic E-state index is 3.70. The fourth-order valence-electron chi connectivity index (χ4n) is 1.09. The van der Waals surface area contributed by atoms with Gasteiger partial charge < -0.3 is 0 Å². The zero-order valence-corrected chi connectivity index (χ0v) is 7.76. The number of rotatable bonds is 0. The Morgan fingerprint density at radius 3 is 1.75 bits per heavy atom. The molecule has 0 radical (unpaired) electrons. The van der Waals surface area contributed by atoms with E-state index in [0.29, 0.717) is 9.33 Å². The molecule has 0 aliphatic carbocycles. The van der Waals surface area contributed by atoms with Crippen molar-refractivity contribution < 1.29 is 0 Å². The smallest absolute Gasteiger partial charge is 0.0160 e. The van der Waals surface area contributed by atoms with Gasteiger partial charge in [0.15, 0.2) is 0 Å². The fourth-order valence-corrected chi connectivity index (χ4v) is 3.73. The van der Waals surface area contributed by atoms with Gasteiger partial charge in [0.05, 0.1) is 9.33 Å². The molecule has 0 unspecified atom stereocenters. The normalized spacial score (nSPS) is 40.9. The van der Waals surface area contributed by atoms with Crippen LogP contribution in [-0.2, 0) is 9.33 Å². The zero-order valence-electron chi connectivity index (χ0n) is 5.36. The largest absolute Gasteiger partial charge is 0.232 e. The molecule has 0 amide bonds. The molecule has 0 aromatic carbocycles. The zero-order chi connectivity index (χ0) is 6.15. The van der Waals surface area contributed by atoms with E-state index in [4.69, 9.17) is 0 Å². The van der Waals surface area contributed by atoms with Gasteiger partial charge in [0, 0.05) is 12.8 Å².